The summed E-state index contributed by atoms with van der Waals surface area (Å²) >= 11 is 0. The lowest BCUT2D eigenvalue weighted by Crippen LogP contribution is -2.19. The average Bonchev–Trinajstić information content (AvgIpc) is 2.67. The highest BCUT2D eigenvalue weighted by Crippen LogP contribution is 2.33. The number of allylic oxidation sites excluding steroid dienone is 1. The summed E-state index contributed by atoms with van der Waals surface area (Å²) in [6, 6.07) is 8.82. The number of ether oxygens (including phenoxy) is 2. The Balaban J connectivity index is 2.22. The van der Waals surface area contributed by atoms with E-state index in [1.165, 1.54) is 31.5 Å². The Labute approximate surface area is 161 Å². The fraction of sp³-hybridized carbons (Fsp3) is 0.150. The SMILES string of the molecule is C=CCc1cc(/C=N\NC(=O)c2ccccc2F)cc(OC)c1OCC(=O)O. The lowest BCUT2D eigenvalue weighted by atomic mass is 10.1. The lowest BCUT2D eigenvalue weighted by molar-refractivity contribution is -0.139. The van der Waals surface area contributed by atoms with Crippen LogP contribution in [-0.4, -0.2) is 36.9 Å². The third-order valence-corrected chi connectivity index (χ3v) is 3.58. The van der Waals surface area contributed by atoms with E-state index >= 15 is 0 Å². The monoisotopic (exact) mass is 386 g/mol. The van der Waals surface area contributed by atoms with Crippen molar-refractivity contribution >= 4 is 18.1 Å². The first-order chi connectivity index (χ1) is 13.5. The van der Waals surface area contributed by atoms with Gasteiger partial charge in [-0.3, -0.25) is 4.79 Å². The van der Waals surface area contributed by atoms with Gasteiger partial charge in [0.1, 0.15) is 5.82 Å². The van der Waals surface area contributed by atoms with Gasteiger partial charge in [0.05, 0.1) is 18.9 Å². The molecule has 0 atom stereocenters. The van der Waals surface area contributed by atoms with Crippen LogP contribution in [0.5, 0.6) is 11.5 Å². The van der Waals surface area contributed by atoms with Gasteiger partial charge in [0.25, 0.3) is 5.91 Å². The smallest absolute Gasteiger partial charge is 0.341 e. The van der Waals surface area contributed by atoms with Crippen molar-refractivity contribution in [2.75, 3.05) is 13.7 Å². The average molecular weight is 386 g/mol. The van der Waals surface area contributed by atoms with Crippen LogP contribution in [0.4, 0.5) is 4.39 Å². The standard InChI is InChI=1S/C20H19FN2O5/c1-3-6-14-9-13(10-17(27-2)19(14)28-12-18(24)25)11-22-23-20(26)15-7-4-5-8-16(15)21/h3-5,7-11H,1,6,12H2,2H3,(H,23,26)(H,24,25)/b22-11-. The molecule has 0 unspecified atom stereocenters. The predicted octanol–water partition coefficient (Wildman–Crippen LogP) is 2.79. The number of rotatable bonds is 9. The lowest BCUT2D eigenvalue weighted by Gasteiger charge is -2.14. The highest BCUT2D eigenvalue weighted by Gasteiger charge is 2.14. The Morgan fingerprint density at radius 3 is 2.71 bits per heavy atom. The van der Waals surface area contributed by atoms with Crippen LogP contribution in [-0.2, 0) is 11.2 Å². The van der Waals surface area contributed by atoms with Crippen LogP contribution in [0.25, 0.3) is 0 Å². The minimum Gasteiger partial charge on any atom is -0.493 e. The quantitative estimate of drug-likeness (QED) is 0.392. The van der Waals surface area contributed by atoms with Crippen molar-refractivity contribution in [3.05, 3.63) is 71.6 Å². The third-order valence-electron chi connectivity index (χ3n) is 3.58. The molecule has 0 aliphatic heterocycles. The molecule has 0 spiro atoms. The molecular formula is C20H19FN2O5. The zero-order chi connectivity index (χ0) is 20.5. The van der Waals surface area contributed by atoms with Gasteiger partial charge in [0, 0.05) is 5.56 Å². The van der Waals surface area contributed by atoms with Crippen LogP contribution in [0.1, 0.15) is 21.5 Å². The van der Waals surface area contributed by atoms with Gasteiger partial charge in [-0.15, -0.1) is 6.58 Å². The van der Waals surface area contributed by atoms with E-state index in [1.54, 1.807) is 24.3 Å². The molecule has 146 valence electrons. The summed E-state index contributed by atoms with van der Waals surface area (Å²) < 4.78 is 24.2. The van der Waals surface area contributed by atoms with Crippen LogP contribution in [0.2, 0.25) is 0 Å². The number of hydrogen-bond acceptors (Lipinski definition) is 5. The molecule has 0 aromatic heterocycles. The number of methoxy groups -OCH3 is 1. The summed E-state index contributed by atoms with van der Waals surface area (Å²) in [4.78, 5) is 22.8. The number of carbonyl (C=O) groups excluding carboxylic acids is 1. The molecule has 0 heterocycles. The molecule has 0 aliphatic rings. The van der Waals surface area contributed by atoms with Crippen molar-refractivity contribution in [2.45, 2.75) is 6.42 Å². The van der Waals surface area contributed by atoms with Crippen molar-refractivity contribution in [1.29, 1.82) is 0 Å². The number of carboxylic acid groups (broad SMARTS) is 1. The third kappa shape index (κ3) is 5.41. The largest absolute Gasteiger partial charge is 0.493 e. The summed E-state index contributed by atoms with van der Waals surface area (Å²) in [5.74, 6) is -1.85. The molecule has 2 rings (SSSR count). The van der Waals surface area contributed by atoms with E-state index in [1.807, 2.05) is 0 Å². The number of carbonyl (C=O) groups is 2. The number of aliphatic carboxylic acids is 1. The van der Waals surface area contributed by atoms with Gasteiger partial charge in [-0.2, -0.15) is 5.10 Å². The van der Waals surface area contributed by atoms with Crippen LogP contribution in [0.15, 0.2) is 54.2 Å². The van der Waals surface area contributed by atoms with E-state index in [-0.39, 0.29) is 11.3 Å². The Kier molecular flexibility index (Phi) is 7.27. The van der Waals surface area contributed by atoms with E-state index in [9.17, 15) is 14.0 Å². The zero-order valence-corrected chi connectivity index (χ0v) is 15.1. The molecule has 1 amide bonds. The van der Waals surface area contributed by atoms with Gasteiger partial charge in [-0.25, -0.2) is 14.6 Å². The molecule has 28 heavy (non-hydrogen) atoms. The van der Waals surface area contributed by atoms with Crippen LogP contribution >= 0.6 is 0 Å². The summed E-state index contributed by atoms with van der Waals surface area (Å²) in [5.41, 5.74) is 3.33. The van der Waals surface area contributed by atoms with Crippen molar-refractivity contribution < 1.29 is 28.6 Å². The van der Waals surface area contributed by atoms with Crippen LogP contribution in [0, 0.1) is 5.82 Å². The first-order valence-corrected chi connectivity index (χ1v) is 8.20. The summed E-state index contributed by atoms with van der Waals surface area (Å²) in [5, 5.41) is 12.7. The van der Waals surface area contributed by atoms with E-state index in [0.717, 1.165) is 0 Å². The number of nitrogens with zero attached hydrogens (tertiary/aromatic N) is 1. The molecular weight excluding hydrogens is 367 g/mol. The number of amides is 1. The maximum Gasteiger partial charge on any atom is 0.341 e. The molecule has 0 saturated heterocycles. The highest BCUT2D eigenvalue weighted by molar-refractivity contribution is 5.95. The summed E-state index contributed by atoms with van der Waals surface area (Å²) in [6.07, 6.45) is 3.38. The second-order valence-corrected chi connectivity index (χ2v) is 5.57. The molecule has 8 heteroatoms. The molecule has 2 aromatic rings. The van der Waals surface area contributed by atoms with Gasteiger partial charge in [0.2, 0.25) is 0 Å². The van der Waals surface area contributed by atoms with Gasteiger partial charge >= 0.3 is 5.97 Å². The van der Waals surface area contributed by atoms with Gasteiger partial charge in [0.15, 0.2) is 18.1 Å². The number of halogens is 1. The van der Waals surface area contributed by atoms with Crippen molar-refractivity contribution in [1.82, 2.24) is 5.43 Å². The van der Waals surface area contributed by atoms with Gasteiger partial charge < -0.3 is 14.6 Å². The van der Waals surface area contributed by atoms with Crippen molar-refractivity contribution in [2.24, 2.45) is 5.10 Å². The number of carboxylic acids is 1. The van der Waals surface area contributed by atoms with E-state index in [2.05, 4.69) is 17.1 Å². The molecule has 2 N–H and O–H groups in total. The fourth-order valence-electron chi connectivity index (χ4n) is 2.39. The topological polar surface area (TPSA) is 97.2 Å². The fourth-order valence-corrected chi connectivity index (χ4v) is 2.39. The number of nitrogens with one attached hydrogen (secondary N) is 1. The second-order valence-electron chi connectivity index (χ2n) is 5.57. The van der Waals surface area contributed by atoms with Crippen LogP contribution < -0.4 is 14.9 Å². The minimum atomic E-state index is -1.12. The molecule has 0 saturated carbocycles. The van der Waals surface area contributed by atoms with E-state index in [0.29, 0.717) is 23.3 Å². The normalized spacial score (nSPS) is 10.5. The Morgan fingerprint density at radius 2 is 2.07 bits per heavy atom. The summed E-state index contributed by atoms with van der Waals surface area (Å²) in [7, 11) is 1.42. The Hall–Kier alpha value is -3.68. The second kappa shape index (κ2) is 9.86. The zero-order valence-electron chi connectivity index (χ0n) is 15.1. The molecule has 7 nitrogen and oxygen atoms in total. The number of hydrogen-bond donors (Lipinski definition) is 2. The number of benzene rings is 2. The van der Waals surface area contributed by atoms with Crippen LogP contribution in [0.3, 0.4) is 0 Å². The number of hydrazone groups is 1. The molecule has 2 aromatic carbocycles. The Morgan fingerprint density at radius 1 is 1.32 bits per heavy atom. The van der Waals surface area contributed by atoms with Gasteiger partial charge in [-0.1, -0.05) is 18.2 Å². The van der Waals surface area contributed by atoms with Crippen molar-refractivity contribution in [3.63, 3.8) is 0 Å². The highest BCUT2D eigenvalue weighted by atomic mass is 19.1. The first kappa shape index (κ1) is 20.6. The minimum absolute atomic E-state index is 0.123. The maximum absolute atomic E-state index is 13.6. The molecule has 0 bridgehead atoms. The maximum atomic E-state index is 13.6. The molecule has 0 fully saturated rings. The predicted molar refractivity (Wildman–Crippen MR) is 101 cm³/mol. The van der Waals surface area contributed by atoms with Gasteiger partial charge in [-0.05, 0) is 36.2 Å². The first-order valence-electron chi connectivity index (χ1n) is 8.20. The van der Waals surface area contributed by atoms with Crippen molar-refractivity contribution in [3.8, 4) is 11.5 Å². The molecule has 0 radical (unpaired) electrons. The molecule has 0 aliphatic carbocycles. The Bertz CT molecular complexity index is 911. The van der Waals surface area contributed by atoms with E-state index in [4.69, 9.17) is 14.6 Å². The summed E-state index contributed by atoms with van der Waals surface area (Å²) in [6.45, 7) is 3.14. The van der Waals surface area contributed by atoms with E-state index < -0.39 is 24.3 Å².